The zero-order chi connectivity index (χ0) is 21.3. The SMILES string of the molecule is CC(=O)Oc1ccc(/C=C/C2=C(C(=O)O)N3C(=O)[C@@H](N)[C@H]3SC2)cc1OC(C)=O. The molecule has 29 heavy (non-hydrogen) atoms. The van der Waals surface area contributed by atoms with Crippen LogP contribution in [-0.4, -0.2) is 51.0 Å². The average Bonchev–Trinajstić information content (AvgIpc) is 2.65. The van der Waals surface area contributed by atoms with Gasteiger partial charge in [0.15, 0.2) is 11.5 Å². The summed E-state index contributed by atoms with van der Waals surface area (Å²) in [4.78, 5) is 47.4. The number of carboxylic acids is 1. The molecule has 0 bridgehead atoms. The minimum atomic E-state index is -1.21. The Labute approximate surface area is 170 Å². The molecule has 0 aromatic heterocycles. The zero-order valence-corrected chi connectivity index (χ0v) is 16.4. The highest BCUT2D eigenvalue weighted by Gasteiger charge is 2.51. The second kappa shape index (κ2) is 8.10. The van der Waals surface area contributed by atoms with Crippen LogP contribution in [-0.2, 0) is 19.2 Å². The molecule has 0 unspecified atom stereocenters. The van der Waals surface area contributed by atoms with Crippen molar-refractivity contribution in [2.75, 3.05) is 5.75 Å². The van der Waals surface area contributed by atoms with Gasteiger partial charge in [0.05, 0.1) is 0 Å². The Morgan fingerprint density at radius 2 is 1.83 bits per heavy atom. The minimum Gasteiger partial charge on any atom is -0.477 e. The van der Waals surface area contributed by atoms with Crippen molar-refractivity contribution in [3.8, 4) is 11.5 Å². The number of hydrogen-bond acceptors (Lipinski definition) is 8. The number of β-lactam (4-membered cyclic amide) rings is 1. The van der Waals surface area contributed by atoms with Crippen molar-refractivity contribution in [2.45, 2.75) is 25.3 Å². The molecule has 1 fully saturated rings. The molecular weight excluding hydrogens is 400 g/mol. The van der Waals surface area contributed by atoms with Gasteiger partial charge in [-0.25, -0.2) is 4.79 Å². The Kier molecular flexibility index (Phi) is 5.76. The first-order valence-electron chi connectivity index (χ1n) is 8.54. The Balaban J connectivity index is 1.92. The molecule has 1 saturated heterocycles. The first kappa shape index (κ1) is 20.6. The molecule has 2 aliphatic heterocycles. The van der Waals surface area contributed by atoms with Gasteiger partial charge in [0.1, 0.15) is 17.1 Å². The van der Waals surface area contributed by atoms with Gasteiger partial charge in [-0.05, 0) is 23.3 Å². The van der Waals surface area contributed by atoms with Crippen LogP contribution in [0.3, 0.4) is 0 Å². The van der Waals surface area contributed by atoms with E-state index in [0.717, 1.165) is 0 Å². The number of allylic oxidation sites excluding steroid dienone is 1. The topological polar surface area (TPSA) is 136 Å². The predicted molar refractivity (Wildman–Crippen MR) is 104 cm³/mol. The van der Waals surface area contributed by atoms with Crippen molar-refractivity contribution in [1.82, 2.24) is 4.90 Å². The van der Waals surface area contributed by atoms with Gasteiger partial charge in [0, 0.05) is 19.6 Å². The maximum Gasteiger partial charge on any atom is 0.352 e. The van der Waals surface area contributed by atoms with Crippen LogP contribution in [0.25, 0.3) is 6.08 Å². The Bertz CT molecular complexity index is 969. The molecule has 2 atom stereocenters. The number of nitrogens with two attached hydrogens (primary N) is 1. The Hall–Kier alpha value is -3.11. The lowest BCUT2D eigenvalue weighted by Gasteiger charge is -2.47. The van der Waals surface area contributed by atoms with Gasteiger partial charge in [0.25, 0.3) is 0 Å². The fourth-order valence-corrected chi connectivity index (χ4v) is 4.23. The summed E-state index contributed by atoms with van der Waals surface area (Å²) in [6, 6.07) is 3.88. The van der Waals surface area contributed by atoms with E-state index in [2.05, 4.69) is 0 Å². The van der Waals surface area contributed by atoms with Crippen LogP contribution in [0.5, 0.6) is 11.5 Å². The van der Waals surface area contributed by atoms with Gasteiger partial charge in [-0.2, -0.15) is 0 Å². The van der Waals surface area contributed by atoms with Gasteiger partial charge in [-0.1, -0.05) is 18.2 Å². The number of rotatable bonds is 5. The summed E-state index contributed by atoms with van der Waals surface area (Å²) in [7, 11) is 0. The van der Waals surface area contributed by atoms with E-state index in [4.69, 9.17) is 15.2 Å². The number of esters is 2. The summed E-state index contributed by atoms with van der Waals surface area (Å²) in [5, 5.41) is 9.18. The molecule has 1 amide bonds. The number of carbonyl (C=O) groups is 4. The van der Waals surface area contributed by atoms with E-state index < -0.39 is 29.9 Å². The first-order valence-corrected chi connectivity index (χ1v) is 9.59. The number of carboxylic acid groups (broad SMARTS) is 1. The number of aliphatic carboxylic acids is 1. The van der Waals surface area contributed by atoms with Crippen molar-refractivity contribution in [1.29, 1.82) is 0 Å². The molecular formula is C19H18N2O7S. The number of fused-ring (bicyclic) bond motifs is 1. The van der Waals surface area contributed by atoms with Crippen molar-refractivity contribution in [3.63, 3.8) is 0 Å². The monoisotopic (exact) mass is 418 g/mol. The van der Waals surface area contributed by atoms with Gasteiger partial charge in [-0.3, -0.25) is 19.3 Å². The number of amides is 1. The number of ether oxygens (including phenoxy) is 2. The van der Waals surface area contributed by atoms with Gasteiger partial charge >= 0.3 is 17.9 Å². The lowest BCUT2D eigenvalue weighted by Crippen LogP contribution is -2.68. The van der Waals surface area contributed by atoms with E-state index >= 15 is 0 Å². The van der Waals surface area contributed by atoms with Crippen LogP contribution in [0.15, 0.2) is 35.5 Å². The predicted octanol–water partition coefficient (Wildman–Crippen LogP) is 1.13. The Morgan fingerprint density at radius 1 is 1.17 bits per heavy atom. The molecule has 3 N–H and O–H groups in total. The third kappa shape index (κ3) is 4.17. The molecule has 1 aromatic rings. The lowest BCUT2D eigenvalue weighted by molar-refractivity contribution is -0.147. The van der Waals surface area contributed by atoms with Crippen molar-refractivity contribution < 1.29 is 33.8 Å². The second-order valence-electron chi connectivity index (χ2n) is 6.34. The molecule has 0 aliphatic carbocycles. The quantitative estimate of drug-likeness (QED) is 0.410. The molecule has 0 radical (unpaired) electrons. The van der Waals surface area contributed by atoms with Crippen molar-refractivity contribution in [3.05, 3.63) is 41.1 Å². The summed E-state index contributed by atoms with van der Waals surface area (Å²) in [5.41, 5.74) is 6.67. The van der Waals surface area contributed by atoms with Crippen LogP contribution in [0.4, 0.5) is 0 Å². The molecule has 152 valence electrons. The molecule has 0 saturated carbocycles. The highest BCUT2D eigenvalue weighted by molar-refractivity contribution is 8.00. The molecule has 2 aliphatic rings. The minimum absolute atomic E-state index is 0.0595. The van der Waals surface area contributed by atoms with Crippen molar-refractivity contribution >= 4 is 41.7 Å². The number of hydrogen-bond donors (Lipinski definition) is 2. The van der Waals surface area contributed by atoms with E-state index in [1.165, 1.54) is 42.6 Å². The van der Waals surface area contributed by atoms with Crippen LogP contribution >= 0.6 is 11.8 Å². The van der Waals surface area contributed by atoms with Gasteiger partial charge in [-0.15, -0.1) is 11.8 Å². The number of carbonyl (C=O) groups excluding carboxylic acids is 3. The van der Waals surface area contributed by atoms with Crippen molar-refractivity contribution in [2.24, 2.45) is 5.73 Å². The van der Waals surface area contributed by atoms with Crippen LogP contribution in [0.2, 0.25) is 0 Å². The average molecular weight is 418 g/mol. The van der Waals surface area contributed by atoms with E-state index in [1.807, 2.05) is 0 Å². The maximum absolute atomic E-state index is 12.0. The summed E-state index contributed by atoms with van der Waals surface area (Å²) in [5.74, 6) is -2.25. The van der Waals surface area contributed by atoms with E-state index in [9.17, 15) is 24.3 Å². The summed E-state index contributed by atoms with van der Waals surface area (Å²) in [6.45, 7) is 2.44. The van der Waals surface area contributed by atoms with Crippen LogP contribution < -0.4 is 15.2 Å². The van der Waals surface area contributed by atoms with E-state index in [1.54, 1.807) is 18.2 Å². The number of thioether (sulfide) groups is 1. The molecule has 10 heteroatoms. The third-order valence-electron chi connectivity index (χ3n) is 4.19. The zero-order valence-electron chi connectivity index (χ0n) is 15.6. The smallest absolute Gasteiger partial charge is 0.352 e. The fourth-order valence-electron chi connectivity index (χ4n) is 2.97. The first-order chi connectivity index (χ1) is 13.7. The van der Waals surface area contributed by atoms with Gasteiger partial charge < -0.3 is 20.3 Å². The lowest BCUT2D eigenvalue weighted by atomic mass is 10.0. The highest BCUT2D eigenvalue weighted by Crippen LogP contribution is 2.40. The largest absolute Gasteiger partial charge is 0.477 e. The standard InChI is InChI=1S/C19H18N2O7S/c1-9(22)27-13-6-4-11(7-14(13)28-10(2)23)3-5-12-8-29-18-15(20)17(24)21(18)16(12)19(25)26/h3-7,15,18H,8,20H2,1-2H3,(H,25,26)/b5-3+/t15-,18-/m1/s1. The summed E-state index contributed by atoms with van der Waals surface area (Å²) >= 11 is 1.39. The highest BCUT2D eigenvalue weighted by atomic mass is 32.2. The molecule has 3 rings (SSSR count). The normalized spacial score (nSPS) is 20.9. The fraction of sp³-hybridized carbons (Fsp3) is 0.263. The van der Waals surface area contributed by atoms with E-state index in [0.29, 0.717) is 16.9 Å². The molecule has 1 aromatic carbocycles. The Morgan fingerprint density at radius 3 is 2.45 bits per heavy atom. The summed E-state index contributed by atoms with van der Waals surface area (Å²) in [6.07, 6.45) is 3.20. The maximum atomic E-state index is 12.0. The third-order valence-corrected chi connectivity index (χ3v) is 5.52. The van der Waals surface area contributed by atoms with Crippen LogP contribution in [0.1, 0.15) is 19.4 Å². The van der Waals surface area contributed by atoms with Gasteiger partial charge in [0.2, 0.25) is 5.91 Å². The number of benzene rings is 1. The molecule has 9 nitrogen and oxygen atoms in total. The second-order valence-corrected chi connectivity index (χ2v) is 7.45. The summed E-state index contributed by atoms with van der Waals surface area (Å²) < 4.78 is 10.1. The molecule has 2 heterocycles. The van der Waals surface area contributed by atoms with E-state index in [-0.39, 0.29) is 22.6 Å². The number of nitrogens with zero attached hydrogens (tertiary/aromatic N) is 1. The van der Waals surface area contributed by atoms with Crippen LogP contribution in [0, 0.1) is 0 Å². The molecule has 0 spiro atoms.